The van der Waals surface area contributed by atoms with Crippen LogP contribution in [0.3, 0.4) is 0 Å². The van der Waals surface area contributed by atoms with Crippen molar-refractivity contribution in [3.05, 3.63) is 87.6 Å². The first-order valence-corrected chi connectivity index (χ1v) is 12.7. The van der Waals surface area contributed by atoms with Gasteiger partial charge in [0.1, 0.15) is 11.6 Å². The summed E-state index contributed by atoms with van der Waals surface area (Å²) in [7, 11) is 1.53. The molecule has 1 aromatic carbocycles. The minimum Gasteiger partial charge on any atom is -0.496 e. The molecule has 5 rings (SSSR count). The summed E-state index contributed by atoms with van der Waals surface area (Å²) in [4.78, 5) is 35.6. The summed E-state index contributed by atoms with van der Waals surface area (Å²) in [6, 6.07) is 15.9. The topological polar surface area (TPSA) is 92.2 Å². The molecule has 0 bridgehead atoms. The van der Waals surface area contributed by atoms with Crippen LogP contribution in [0.1, 0.15) is 40.2 Å². The smallest absolute Gasteiger partial charge is 0.256 e. The number of H-pyrrole nitrogens is 1. The molecule has 1 aliphatic heterocycles. The predicted molar refractivity (Wildman–Crippen MR) is 145 cm³/mol. The van der Waals surface area contributed by atoms with Crippen LogP contribution in [0.5, 0.6) is 5.75 Å². The number of pyridine rings is 2. The van der Waals surface area contributed by atoms with Crippen LogP contribution < -0.4 is 20.5 Å². The van der Waals surface area contributed by atoms with Crippen LogP contribution in [0, 0.1) is 19.8 Å². The third-order valence-electron chi connectivity index (χ3n) is 7.36. The van der Waals surface area contributed by atoms with E-state index in [4.69, 9.17) is 4.74 Å². The molecule has 37 heavy (non-hydrogen) atoms. The normalized spacial score (nSPS) is 14.2. The van der Waals surface area contributed by atoms with Gasteiger partial charge in [0.25, 0.3) is 11.5 Å². The Morgan fingerprint density at radius 3 is 2.62 bits per heavy atom. The lowest BCUT2D eigenvalue weighted by Crippen LogP contribution is -2.35. The number of benzene rings is 1. The number of hydrogen-bond acceptors (Lipinski definition) is 5. The highest BCUT2D eigenvalue weighted by molar-refractivity contribution is 6.08. The molecule has 0 unspecified atom stereocenters. The maximum absolute atomic E-state index is 13.4. The molecule has 4 heterocycles. The summed E-state index contributed by atoms with van der Waals surface area (Å²) < 4.78 is 7.66. The minimum atomic E-state index is -0.256. The molecule has 8 nitrogen and oxygen atoms in total. The summed E-state index contributed by atoms with van der Waals surface area (Å²) in [5.74, 6) is 1.82. The molecule has 192 valence electrons. The van der Waals surface area contributed by atoms with Crippen molar-refractivity contribution in [2.45, 2.75) is 39.8 Å². The number of carbonyl (C=O) groups is 1. The van der Waals surface area contributed by atoms with Gasteiger partial charge in [0.15, 0.2) is 0 Å². The quantitative estimate of drug-likeness (QED) is 0.398. The van der Waals surface area contributed by atoms with Crippen LogP contribution in [0.2, 0.25) is 0 Å². The molecular weight excluding hydrogens is 466 g/mol. The largest absolute Gasteiger partial charge is 0.496 e. The van der Waals surface area contributed by atoms with Crippen LogP contribution in [0.25, 0.3) is 10.9 Å². The van der Waals surface area contributed by atoms with E-state index in [0.29, 0.717) is 28.5 Å². The lowest BCUT2D eigenvalue weighted by Gasteiger charge is -2.33. The Morgan fingerprint density at radius 1 is 1.14 bits per heavy atom. The van der Waals surface area contributed by atoms with Gasteiger partial charge in [-0.15, -0.1) is 0 Å². The zero-order chi connectivity index (χ0) is 25.9. The van der Waals surface area contributed by atoms with Crippen molar-refractivity contribution in [1.82, 2.24) is 19.9 Å². The van der Waals surface area contributed by atoms with Crippen LogP contribution in [-0.4, -0.2) is 40.6 Å². The maximum atomic E-state index is 13.4. The van der Waals surface area contributed by atoms with E-state index in [0.717, 1.165) is 54.9 Å². The Bertz CT molecular complexity index is 1470. The van der Waals surface area contributed by atoms with Crippen LogP contribution >= 0.6 is 0 Å². The third kappa shape index (κ3) is 4.96. The first-order valence-electron chi connectivity index (χ1n) is 12.7. The van der Waals surface area contributed by atoms with E-state index >= 15 is 0 Å². The van der Waals surface area contributed by atoms with Crippen molar-refractivity contribution in [3.63, 3.8) is 0 Å². The SMILES string of the molecule is COc1cc(C)[nH]c(=O)c1CNC(=O)c1c(C)n(CC2CCN(c3ccccn3)CC2)c2ccccc12. The number of methoxy groups -OCH3 is 1. The van der Waals surface area contributed by atoms with Gasteiger partial charge in [-0.05, 0) is 56.9 Å². The fourth-order valence-corrected chi connectivity index (χ4v) is 5.39. The van der Waals surface area contributed by atoms with Crippen molar-refractivity contribution in [3.8, 4) is 5.75 Å². The van der Waals surface area contributed by atoms with Gasteiger partial charge in [-0.1, -0.05) is 24.3 Å². The lowest BCUT2D eigenvalue weighted by molar-refractivity contribution is 0.0951. The first kappa shape index (κ1) is 24.6. The third-order valence-corrected chi connectivity index (χ3v) is 7.36. The maximum Gasteiger partial charge on any atom is 0.256 e. The minimum absolute atomic E-state index is 0.0859. The number of aromatic amines is 1. The molecule has 3 aromatic heterocycles. The van der Waals surface area contributed by atoms with Crippen molar-refractivity contribution in [2.75, 3.05) is 25.1 Å². The predicted octanol–water partition coefficient (Wildman–Crippen LogP) is 4.20. The van der Waals surface area contributed by atoms with Crippen molar-refractivity contribution in [2.24, 2.45) is 5.92 Å². The number of fused-ring (bicyclic) bond motifs is 1. The molecule has 1 fully saturated rings. The lowest BCUT2D eigenvalue weighted by atomic mass is 9.96. The number of nitrogens with zero attached hydrogens (tertiary/aromatic N) is 3. The summed E-state index contributed by atoms with van der Waals surface area (Å²) in [6.07, 6.45) is 3.98. The second kappa shape index (κ2) is 10.5. The zero-order valence-corrected chi connectivity index (χ0v) is 21.6. The number of hydrogen-bond donors (Lipinski definition) is 2. The highest BCUT2D eigenvalue weighted by Crippen LogP contribution is 2.30. The molecule has 0 aliphatic carbocycles. The average Bonchev–Trinajstić information content (AvgIpc) is 3.19. The average molecular weight is 500 g/mol. The second-order valence-electron chi connectivity index (χ2n) is 9.72. The molecule has 1 aliphatic rings. The monoisotopic (exact) mass is 499 g/mol. The standard InChI is InChI=1S/C29H33N5O3/c1-19-16-25(37-3)23(28(35)32-19)17-31-29(36)27-20(2)34(24-9-5-4-8-22(24)27)18-21-11-14-33(15-12-21)26-10-6-7-13-30-26/h4-10,13,16,21H,11-12,14-15,17-18H2,1-3H3,(H,31,36)(H,32,35). The number of piperidine rings is 1. The summed E-state index contributed by atoms with van der Waals surface area (Å²) >= 11 is 0. The highest BCUT2D eigenvalue weighted by Gasteiger charge is 2.25. The number of para-hydroxylation sites is 1. The van der Waals surface area contributed by atoms with E-state index in [9.17, 15) is 9.59 Å². The van der Waals surface area contributed by atoms with Crippen molar-refractivity contribution in [1.29, 1.82) is 0 Å². The number of aryl methyl sites for hydroxylation is 1. The summed E-state index contributed by atoms with van der Waals surface area (Å²) in [6.45, 7) is 6.70. The number of amides is 1. The Balaban J connectivity index is 1.35. The van der Waals surface area contributed by atoms with E-state index in [1.54, 1.807) is 13.0 Å². The Hall–Kier alpha value is -4.07. The van der Waals surface area contributed by atoms with Gasteiger partial charge in [-0.25, -0.2) is 4.98 Å². The van der Waals surface area contributed by atoms with Crippen LogP contribution in [0.4, 0.5) is 5.82 Å². The van der Waals surface area contributed by atoms with Gasteiger partial charge in [0.05, 0.1) is 24.8 Å². The van der Waals surface area contributed by atoms with E-state index < -0.39 is 0 Å². The number of ether oxygens (including phenoxy) is 1. The summed E-state index contributed by atoms with van der Waals surface area (Å²) in [5.41, 5.74) is 3.51. The van der Waals surface area contributed by atoms with E-state index in [1.807, 2.05) is 43.5 Å². The molecule has 4 aromatic rings. The number of anilines is 1. The van der Waals surface area contributed by atoms with E-state index in [2.05, 4.69) is 36.9 Å². The van der Waals surface area contributed by atoms with Gasteiger partial charge in [-0.2, -0.15) is 0 Å². The van der Waals surface area contributed by atoms with Crippen LogP contribution in [-0.2, 0) is 13.1 Å². The number of carbonyl (C=O) groups excluding carboxylic acids is 1. The van der Waals surface area contributed by atoms with Gasteiger partial charge >= 0.3 is 0 Å². The molecule has 1 saturated heterocycles. The molecule has 0 spiro atoms. The van der Waals surface area contributed by atoms with Crippen LogP contribution in [0.15, 0.2) is 59.5 Å². The fraction of sp³-hybridized carbons (Fsp3) is 0.345. The Morgan fingerprint density at radius 2 is 1.89 bits per heavy atom. The van der Waals surface area contributed by atoms with Gasteiger partial charge in [0.2, 0.25) is 0 Å². The van der Waals surface area contributed by atoms with Gasteiger partial charge in [-0.3, -0.25) is 9.59 Å². The van der Waals surface area contributed by atoms with Gasteiger partial charge in [0, 0.05) is 48.1 Å². The fourth-order valence-electron chi connectivity index (χ4n) is 5.39. The Kier molecular flexibility index (Phi) is 6.99. The molecule has 8 heteroatoms. The molecule has 1 amide bonds. The molecular formula is C29H33N5O3. The number of rotatable bonds is 7. The Labute approximate surface area is 216 Å². The second-order valence-corrected chi connectivity index (χ2v) is 9.72. The number of aromatic nitrogens is 3. The van der Waals surface area contributed by atoms with E-state index in [1.165, 1.54) is 7.11 Å². The van der Waals surface area contributed by atoms with Crippen molar-refractivity contribution >= 4 is 22.6 Å². The molecule has 2 N–H and O–H groups in total. The molecule has 0 atom stereocenters. The summed E-state index contributed by atoms with van der Waals surface area (Å²) in [5, 5.41) is 3.88. The van der Waals surface area contributed by atoms with E-state index in [-0.39, 0.29) is 18.0 Å². The zero-order valence-electron chi connectivity index (χ0n) is 21.6. The molecule has 0 saturated carbocycles. The van der Waals surface area contributed by atoms with Crippen molar-refractivity contribution < 1.29 is 9.53 Å². The molecule has 0 radical (unpaired) electrons. The van der Waals surface area contributed by atoms with Gasteiger partial charge < -0.3 is 24.5 Å². The highest BCUT2D eigenvalue weighted by atomic mass is 16.5. The number of nitrogens with one attached hydrogen (secondary N) is 2. The first-order chi connectivity index (χ1) is 18.0.